The molecular formula is C21H23N3O4S2. The molecule has 0 atom stereocenters. The average molecular weight is 446 g/mol. The average Bonchev–Trinajstić information content (AvgIpc) is 3.13. The minimum Gasteiger partial charge on any atom is -0.495 e. The van der Waals surface area contributed by atoms with E-state index in [1.54, 1.807) is 31.3 Å². The van der Waals surface area contributed by atoms with Gasteiger partial charge in [-0.05, 0) is 51.1 Å². The van der Waals surface area contributed by atoms with Gasteiger partial charge in [-0.1, -0.05) is 12.1 Å². The van der Waals surface area contributed by atoms with Crippen molar-refractivity contribution in [1.82, 2.24) is 9.71 Å². The van der Waals surface area contributed by atoms with E-state index in [0.29, 0.717) is 5.69 Å². The summed E-state index contributed by atoms with van der Waals surface area (Å²) >= 11 is 1.55. The van der Waals surface area contributed by atoms with Gasteiger partial charge < -0.3 is 10.1 Å². The van der Waals surface area contributed by atoms with Gasteiger partial charge in [-0.15, -0.1) is 11.3 Å². The molecule has 3 rings (SSSR count). The number of carbonyl (C=O) groups excluding carboxylic acids is 1. The van der Waals surface area contributed by atoms with Crippen LogP contribution in [0.4, 0.5) is 5.69 Å². The maximum Gasteiger partial charge on any atom is 0.255 e. The van der Waals surface area contributed by atoms with Crippen LogP contribution < -0.4 is 14.8 Å². The van der Waals surface area contributed by atoms with Crippen LogP contribution in [0, 0.1) is 6.92 Å². The van der Waals surface area contributed by atoms with E-state index in [1.807, 2.05) is 30.5 Å². The van der Waals surface area contributed by atoms with Crippen LogP contribution in [0.1, 0.15) is 29.2 Å². The van der Waals surface area contributed by atoms with Crippen molar-refractivity contribution in [3.63, 3.8) is 0 Å². The topological polar surface area (TPSA) is 97.4 Å². The van der Waals surface area contributed by atoms with Crippen molar-refractivity contribution in [3.8, 4) is 17.0 Å². The van der Waals surface area contributed by atoms with Crippen LogP contribution in [0.5, 0.6) is 5.75 Å². The van der Waals surface area contributed by atoms with Crippen molar-refractivity contribution >= 4 is 33.0 Å². The first-order valence-corrected chi connectivity index (χ1v) is 11.6. The van der Waals surface area contributed by atoms with Crippen molar-refractivity contribution in [1.29, 1.82) is 0 Å². The Labute approximate surface area is 180 Å². The van der Waals surface area contributed by atoms with Gasteiger partial charge in [0.05, 0.1) is 17.8 Å². The molecule has 3 aromatic rings. The quantitative estimate of drug-likeness (QED) is 0.571. The smallest absolute Gasteiger partial charge is 0.255 e. The Balaban J connectivity index is 1.88. The molecule has 2 N–H and O–H groups in total. The lowest BCUT2D eigenvalue weighted by atomic mass is 10.1. The molecule has 0 bridgehead atoms. The van der Waals surface area contributed by atoms with E-state index in [2.05, 4.69) is 15.0 Å². The van der Waals surface area contributed by atoms with Crippen molar-refractivity contribution < 1.29 is 17.9 Å². The second-order valence-electron chi connectivity index (χ2n) is 6.93. The van der Waals surface area contributed by atoms with Gasteiger partial charge in [-0.3, -0.25) is 4.79 Å². The number of aryl methyl sites for hydroxylation is 1. The Morgan fingerprint density at radius 1 is 1.17 bits per heavy atom. The number of amides is 1. The zero-order valence-corrected chi connectivity index (χ0v) is 18.7. The zero-order chi connectivity index (χ0) is 21.9. The molecule has 0 saturated heterocycles. The first-order valence-electron chi connectivity index (χ1n) is 9.24. The van der Waals surface area contributed by atoms with E-state index in [0.717, 1.165) is 16.3 Å². The standard InChI is InChI=1S/C21H23N3O4S2/c1-13(2)24-30(26,27)20-11-16(8-9-19(20)28-4)21(25)23-17-7-5-6-15(10-17)18-12-29-14(3)22-18/h5-13,24H,1-4H3,(H,23,25). The lowest BCUT2D eigenvalue weighted by molar-refractivity contribution is 0.102. The highest BCUT2D eigenvalue weighted by atomic mass is 32.2. The van der Waals surface area contributed by atoms with Crippen LogP contribution >= 0.6 is 11.3 Å². The molecule has 158 valence electrons. The molecule has 30 heavy (non-hydrogen) atoms. The summed E-state index contributed by atoms with van der Waals surface area (Å²) in [6.07, 6.45) is 0. The summed E-state index contributed by atoms with van der Waals surface area (Å²) in [6.45, 7) is 5.37. The van der Waals surface area contributed by atoms with Crippen LogP contribution in [-0.2, 0) is 10.0 Å². The summed E-state index contributed by atoms with van der Waals surface area (Å²) < 4.78 is 32.9. The molecule has 0 spiro atoms. The number of hydrogen-bond donors (Lipinski definition) is 2. The monoisotopic (exact) mass is 445 g/mol. The molecule has 1 aromatic heterocycles. The van der Waals surface area contributed by atoms with Gasteiger partial charge in [0.25, 0.3) is 5.91 Å². The molecule has 0 aliphatic carbocycles. The fourth-order valence-electron chi connectivity index (χ4n) is 2.86. The number of rotatable bonds is 7. The first-order chi connectivity index (χ1) is 14.2. The summed E-state index contributed by atoms with van der Waals surface area (Å²) in [5, 5.41) is 5.73. The van der Waals surface area contributed by atoms with Gasteiger partial charge in [0.1, 0.15) is 10.6 Å². The number of anilines is 1. The molecule has 0 saturated carbocycles. The van der Waals surface area contributed by atoms with Gasteiger partial charge in [0.2, 0.25) is 10.0 Å². The predicted molar refractivity (Wildman–Crippen MR) is 119 cm³/mol. The number of carbonyl (C=O) groups is 1. The number of ether oxygens (including phenoxy) is 1. The Morgan fingerprint density at radius 3 is 2.57 bits per heavy atom. The Kier molecular flexibility index (Phi) is 6.55. The highest BCUT2D eigenvalue weighted by Crippen LogP contribution is 2.27. The molecule has 2 aromatic carbocycles. The minimum absolute atomic E-state index is 0.0851. The largest absolute Gasteiger partial charge is 0.495 e. The van der Waals surface area contributed by atoms with E-state index in [9.17, 15) is 13.2 Å². The normalized spacial score (nSPS) is 11.5. The number of hydrogen-bond acceptors (Lipinski definition) is 6. The van der Waals surface area contributed by atoms with Crippen LogP contribution in [0.15, 0.2) is 52.7 Å². The molecule has 7 nitrogen and oxygen atoms in total. The second-order valence-corrected chi connectivity index (χ2v) is 9.67. The fourth-order valence-corrected chi connectivity index (χ4v) is 4.93. The van der Waals surface area contributed by atoms with Gasteiger partial charge in [0.15, 0.2) is 0 Å². The third kappa shape index (κ3) is 5.05. The first kappa shape index (κ1) is 21.9. The summed E-state index contributed by atoms with van der Waals surface area (Å²) in [6, 6.07) is 11.3. The van der Waals surface area contributed by atoms with E-state index >= 15 is 0 Å². The molecule has 0 radical (unpaired) electrons. The minimum atomic E-state index is -3.83. The molecule has 1 amide bonds. The van der Waals surface area contributed by atoms with Gasteiger partial charge in [-0.2, -0.15) is 0 Å². The number of aromatic nitrogens is 1. The van der Waals surface area contributed by atoms with Gasteiger partial charge >= 0.3 is 0 Å². The van der Waals surface area contributed by atoms with Crippen LogP contribution in [0.3, 0.4) is 0 Å². The third-order valence-corrected chi connectivity index (χ3v) is 6.59. The molecular weight excluding hydrogens is 422 g/mol. The van der Waals surface area contributed by atoms with E-state index in [1.165, 1.54) is 25.3 Å². The number of nitrogens with zero attached hydrogens (tertiary/aromatic N) is 1. The predicted octanol–water partition coefficient (Wildman–Crippen LogP) is 4.07. The third-order valence-electron chi connectivity index (χ3n) is 4.14. The SMILES string of the molecule is COc1ccc(C(=O)Nc2cccc(-c3csc(C)n3)c2)cc1S(=O)(=O)NC(C)C. The summed E-state index contributed by atoms with van der Waals surface area (Å²) in [7, 11) is -2.45. The fraction of sp³-hybridized carbons (Fsp3) is 0.238. The Morgan fingerprint density at radius 2 is 1.93 bits per heavy atom. The van der Waals surface area contributed by atoms with Crippen molar-refractivity contribution in [2.24, 2.45) is 0 Å². The van der Waals surface area contributed by atoms with Gasteiger partial charge in [-0.25, -0.2) is 18.1 Å². The summed E-state index contributed by atoms with van der Waals surface area (Å²) in [5.41, 5.74) is 2.51. The Hall–Kier alpha value is -2.75. The number of sulfonamides is 1. The maximum atomic E-state index is 12.8. The number of benzene rings is 2. The molecule has 0 unspecified atom stereocenters. The van der Waals surface area contributed by atoms with Crippen molar-refractivity contribution in [2.45, 2.75) is 31.7 Å². The molecule has 0 aliphatic heterocycles. The highest BCUT2D eigenvalue weighted by Gasteiger charge is 2.22. The van der Waals surface area contributed by atoms with E-state index in [4.69, 9.17) is 4.74 Å². The van der Waals surface area contributed by atoms with Crippen LogP contribution in [0.2, 0.25) is 0 Å². The van der Waals surface area contributed by atoms with E-state index < -0.39 is 15.9 Å². The maximum absolute atomic E-state index is 12.8. The number of thiazole rings is 1. The molecule has 9 heteroatoms. The van der Waals surface area contributed by atoms with Gasteiger partial charge in [0, 0.05) is 28.2 Å². The van der Waals surface area contributed by atoms with Crippen LogP contribution in [0.25, 0.3) is 11.3 Å². The molecule has 0 fully saturated rings. The lowest BCUT2D eigenvalue weighted by Gasteiger charge is -2.14. The number of methoxy groups -OCH3 is 1. The molecule has 1 heterocycles. The summed E-state index contributed by atoms with van der Waals surface area (Å²) in [5.74, 6) is -0.258. The van der Waals surface area contributed by atoms with Crippen molar-refractivity contribution in [2.75, 3.05) is 12.4 Å². The lowest BCUT2D eigenvalue weighted by Crippen LogP contribution is -2.30. The highest BCUT2D eigenvalue weighted by molar-refractivity contribution is 7.89. The Bertz CT molecular complexity index is 1170. The van der Waals surface area contributed by atoms with Crippen LogP contribution in [-0.4, -0.2) is 32.5 Å². The second kappa shape index (κ2) is 8.95. The number of nitrogens with one attached hydrogen (secondary N) is 2. The van der Waals surface area contributed by atoms with Crippen molar-refractivity contribution in [3.05, 3.63) is 58.4 Å². The summed E-state index contributed by atoms with van der Waals surface area (Å²) in [4.78, 5) is 17.2. The zero-order valence-electron chi connectivity index (χ0n) is 17.1. The van der Waals surface area contributed by atoms with E-state index in [-0.39, 0.29) is 22.3 Å². The molecule has 0 aliphatic rings.